The van der Waals surface area contributed by atoms with Crippen LogP contribution in [0.15, 0.2) is 30.3 Å². The zero-order valence-corrected chi connectivity index (χ0v) is 13.3. The molecule has 112 valence electrons. The van der Waals surface area contributed by atoms with Crippen LogP contribution in [0.5, 0.6) is 0 Å². The first-order valence-corrected chi connectivity index (χ1v) is 7.43. The van der Waals surface area contributed by atoms with Crippen LogP contribution in [0.3, 0.4) is 0 Å². The first kappa shape index (κ1) is 16.0. The molecule has 0 fully saturated rings. The van der Waals surface area contributed by atoms with Gasteiger partial charge >= 0.3 is 0 Å². The summed E-state index contributed by atoms with van der Waals surface area (Å²) >= 11 is 6.01. The molecule has 0 aliphatic carbocycles. The maximum absolute atomic E-state index is 13.0. The minimum absolute atomic E-state index is 0.358. The summed E-state index contributed by atoms with van der Waals surface area (Å²) in [6.45, 7) is 6.19. The molecule has 0 heterocycles. The van der Waals surface area contributed by atoms with Crippen LogP contribution in [0.25, 0.3) is 0 Å². The number of aliphatic hydroxyl groups is 1. The summed E-state index contributed by atoms with van der Waals surface area (Å²) in [5.41, 5.74) is 5.55. The average molecular weight is 307 g/mol. The molecule has 0 saturated heterocycles. The van der Waals surface area contributed by atoms with Crippen LogP contribution in [0.2, 0.25) is 5.02 Å². The predicted octanol–water partition coefficient (Wildman–Crippen LogP) is 4.55. The first-order valence-electron chi connectivity index (χ1n) is 7.05. The zero-order valence-electron chi connectivity index (χ0n) is 12.6. The molecule has 0 spiro atoms. The Morgan fingerprint density at radius 3 is 2.24 bits per heavy atom. The highest BCUT2D eigenvalue weighted by Gasteiger charge is 2.13. The molecule has 2 rings (SSSR count). The second-order valence-corrected chi connectivity index (χ2v) is 6.08. The maximum atomic E-state index is 13.0. The molecule has 0 saturated carbocycles. The Bertz CT molecular complexity index is 629. The Labute approximate surface area is 130 Å². The lowest BCUT2D eigenvalue weighted by atomic mass is 9.93. The molecule has 2 aromatic rings. The number of aryl methyl sites for hydroxylation is 3. The maximum Gasteiger partial charge on any atom is 0.124 e. The van der Waals surface area contributed by atoms with E-state index in [0.717, 1.165) is 5.56 Å². The van der Waals surface area contributed by atoms with Crippen molar-refractivity contribution >= 4 is 11.6 Å². The molecule has 0 amide bonds. The van der Waals surface area contributed by atoms with Crippen molar-refractivity contribution in [2.75, 3.05) is 0 Å². The zero-order chi connectivity index (χ0) is 15.6. The topological polar surface area (TPSA) is 20.2 Å². The molecule has 2 aromatic carbocycles. The summed E-state index contributed by atoms with van der Waals surface area (Å²) in [5.74, 6) is -0.358. The van der Waals surface area contributed by atoms with Gasteiger partial charge < -0.3 is 5.11 Å². The molecule has 0 bridgehead atoms. The fourth-order valence-corrected chi connectivity index (χ4v) is 3.03. The summed E-state index contributed by atoms with van der Waals surface area (Å²) in [6, 6.07) is 8.54. The van der Waals surface area contributed by atoms with E-state index in [9.17, 15) is 9.50 Å². The fraction of sp³-hybridized carbons (Fsp3) is 0.333. The van der Waals surface area contributed by atoms with Crippen LogP contribution in [-0.4, -0.2) is 11.2 Å². The standard InChI is InChI=1S/C18H20ClFO/c1-11-6-12(2)17(13(3)7-11)10-16(21)8-14-4-5-15(20)9-18(14)19/h4-7,9,16,21H,8,10H2,1-3H3. The lowest BCUT2D eigenvalue weighted by Gasteiger charge is -2.16. The molecule has 21 heavy (non-hydrogen) atoms. The van der Waals surface area contributed by atoms with Gasteiger partial charge in [-0.15, -0.1) is 0 Å². The van der Waals surface area contributed by atoms with Gasteiger partial charge in [0, 0.05) is 11.4 Å². The number of aliphatic hydroxyl groups excluding tert-OH is 1. The third kappa shape index (κ3) is 4.05. The van der Waals surface area contributed by atoms with Crippen LogP contribution in [-0.2, 0) is 12.8 Å². The lowest BCUT2D eigenvalue weighted by molar-refractivity contribution is 0.175. The Morgan fingerprint density at radius 1 is 1.05 bits per heavy atom. The van der Waals surface area contributed by atoms with E-state index in [1.54, 1.807) is 6.07 Å². The first-order chi connectivity index (χ1) is 9.86. The second-order valence-electron chi connectivity index (χ2n) is 5.68. The normalized spacial score (nSPS) is 12.5. The predicted molar refractivity (Wildman–Crippen MR) is 85.5 cm³/mol. The number of rotatable bonds is 4. The molecule has 0 radical (unpaired) electrons. The smallest absolute Gasteiger partial charge is 0.124 e. The van der Waals surface area contributed by atoms with Gasteiger partial charge in [-0.1, -0.05) is 35.4 Å². The van der Waals surface area contributed by atoms with E-state index in [2.05, 4.69) is 32.9 Å². The van der Waals surface area contributed by atoms with Gasteiger partial charge in [0.15, 0.2) is 0 Å². The third-order valence-electron chi connectivity index (χ3n) is 3.75. The highest BCUT2D eigenvalue weighted by atomic mass is 35.5. The van der Waals surface area contributed by atoms with Crippen molar-refractivity contribution in [2.45, 2.75) is 39.7 Å². The molecule has 0 aliphatic heterocycles. The lowest BCUT2D eigenvalue weighted by Crippen LogP contribution is -2.16. The Morgan fingerprint density at radius 2 is 1.67 bits per heavy atom. The molecule has 1 N–H and O–H groups in total. The van der Waals surface area contributed by atoms with Crippen molar-refractivity contribution in [3.8, 4) is 0 Å². The molecule has 1 unspecified atom stereocenters. The summed E-state index contributed by atoms with van der Waals surface area (Å²) < 4.78 is 13.0. The van der Waals surface area contributed by atoms with E-state index in [0.29, 0.717) is 17.9 Å². The monoisotopic (exact) mass is 306 g/mol. The second kappa shape index (κ2) is 6.59. The third-order valence-corrected chi connectivity index (χ3v) is 4.10. The summed E-state index contributed by atoms with van der Waals surface area (Å²) in [6.07, 6.45) is 0.463. The number of halogens is 2. The largest absolute Gasteiger partial charge is 0.392 e. The number of hydrogen-bond donors (Lipinski definition) is 1. The summed E-state index contributed by atoms with van der Waals surface area (Å²) in [4.78, 5) is 0. The molecule has 0 aliphatic rings. The highest BCUT2D eigenvalue weighted by molar-refractivity contribution is 6.31. The molecule has 1 nitrogen and oxygen atoms in total. The van der Waals surface area contributed by atoms with E-state index < -0.39 is 6.10 Å². The van der Waals surface area contributed by atoms with E-state index in [-0.39, 0.29) is 5.82 Å². The van der Waals surface area contributed by atoms with Crippen LogP contribution in [0.4, 0.5) is 4.39 Å². The van der Waals surface area contributed by atoms with Gasteiger partial charge in [-0.2, -0.15) is 0 Å². The SMILES string of the molecule is Cc1cc(C)c(CC(O)Cc2ccc(F)cc2Cl)c(C)c1. The van der Waals surface area contributed by atoms with Crippen LogP contribution in [0, 0.1) is 26.6 Å². The van der Waals surface area contributed by atoms with Crippen LogP contribution in [0.1, 0.15) is 27.8 Å². The number of benzene rings is 2. The van der Waals surface area contributed by atoms with Gasteiger partial charge in [0.05, 0.1) is 6.10 Å². The Hall–Kier alpha value is -1.38. The van der Waals surface area contributed by atoms with Crippen LogP contribution >= 0.6 is 11.6 Å². The van der Waals surface area contributed by atoms with Gasteiger partial charge in [0.2, 0.25) is 0 Å². The molecular weight excluding hydrogens is 287 g/mol. The molecule has 3 heteroatoms. The Kier molecular flexibility index (Phi) is 5.02. The van der Waals surface area contributed by atoms with Gasteiger partial charge in [0.1, 0.15) is 5.82 Å². The van der Waals surface area contributed by atoms with Gasteiger partial charge in [0.25, 0.3) is 0 Å². The minimum atomic E-state index is -0.534. The quantitative estimate of drug-likeness (QED) is 0.878. The van der Waals surface area contributed by atoms with Crippen molar-refractivity contribution in [1.29, 1.82) is 0 Å². The van der Waals surface area contributed by atoms with Crippen LogP contribution < -0.4 is 0 Å². The van der Waals surface area contributed by atoms with E-state index in [4.69, 9.17) is 11.6 Å². The van der Waals surface area contributed by atoms with Crippen molar-refractivity contribution in [1.82, 2.24) is 0 Å². The van der Waals surface area contributed by atoms with E-state index in [1.807, 2.05) is 0 Å². The fourth-order valence-electron chi connectivity index (χ4n) is 2.78. The van der Waals surface area contributed by atoms with E-state index in [1.165, 1.54) is 34.4 Å². The molecule has 0 aromatic heterocycles. The summed E-state index contributed by atoms with van der Waals surface area (Å²) in [7, 11) is 0. The summed E-state index contributed by atoms with van der Waals surface area (Å²) in [5, 5.41) is 10.7. The van der Waals surface area contributed by atoms with Gasteiger partial charge in [-0.25, -0.2) is 4.39 Å². The van der Waals surface area contributed by atoms with E-state index >= 15 is 0 Å². The highest BCUT2D eigenvalue weighted by Crippen LogP contribution is 2.22. The van der Waals surface area contributed by atoms with Gasteiger partial charge in [-0.3, -0.25) is 0 Å². The average Bonchev–Trinajstić information content (AvgIpc) is 2.37. The van der Waals surface area contributed by atoms with Crippen molar-refractivity contribution in [3.63, 3.8) is 0 Å². The molecular formula is C18H20ClFO. The van der Waals surface area contributed by atoms with Crippen molar-refractivity contribution < 1.29 is 9.50 Å². The van der Waals surface area contributed by atoms with Crippen molar-refractivity contribution in [3.05, 3.63) is 69.0 Å². The minimum Gasteiger partial charge on any atom is -0.392 e. The number of hydrogen-bond acceptors (Lipinski definition) is 1. The Balaban J connectivity index is 2.13. The van der Waals surface area contributed by atoms with Crippen molar-refractivity contribution in [2.24, 2.45) is 0 Å². The molecule has 1 atom stereocenters. The van der Waals surface area contributed by atoms with Gasteiger partial charge in [-0.05, 0) is 61.6 Å².